The maximum Gasteiger partial charge on any atom is 0.236 e. The highest BCUT2D eigenvalue weighted by Crippen LogP contribution is 2.31. The van der Waals surface area contributed by atoms with Crippen molar-refractivity contribution < 1.29 is 4.79 Å². The van der Waals surface area contributed by atoms with E-state index in [1.807, 2.05) is 24.3 Å². The van der Waals surface area contributed by atoms with Gasteiger partial charge in [0.15, 0.2) is 0 Å². The van der Waals surface area contributed by atoms with Gasteiger partial charge in [-0.15, -0.1) is 0 Å². The van der Waals surface area contributed by atoms with Gasteiger partial charge in [-0.05, 0) is 43.5 Å². The van der Waals surface area contributed by atoms with Gasteiger partial charge in [-0.3, -0.25) is 9.78 Å². The number of nitrogens with one attached hydrogen (secondary N) is 1. The molecule has 1 amide bonds. The van der Waals surface area contributed by atoms with Gasteiger partial charge in [-0.25, -0.2) is 0 Å². The minimum absolute atomic E-state index is 0.0598. The maximum atomic E-state index is 12.0. The number of amides is 1. The van der Waals surface area contributed by atoms with Crippen molar-refractivity contribution in [3.05, 3.63) is 36.0 Å². The number of carbonyl (C=O) groups excluding carboxylic acids is 1. The van der Waals surface area contributed by atoms with Crippen LogP contribution in [-0.4, -0.2) is 36.1 Å². The fraction of sp³-hybridized carbons (Fsp3) is 0.421. The SMILES string of the molecule is C[C@H]1C[C@@H](NC(=O)[C@@H](C)N)CN(c2ccc(C#N)c3ncccc23)C1. The molecule has 0 spiro atoms. The Labute approximate surface area is 147 Å². The summed E-state index contributed by atoms with van der Waals surface area (Å²) in [4.78, 5) is 18.6. The van der Waals surface area contributed by atoms with E-state index in [4.69, 9.17) is 5.73 Å². The van der Waals surface area contributed by atoms with E-state index in [0.29, 0.717) is 11.5 Å². The summed E-state index contributed by atoms with van der Waals surface area (Å²) in [5, 5.41) is 13.3. The Morgan fingerprint density at radius 2 is 2.24 bits per heavy atom. The predicted octanol–water partition coefficient (Wildman–Crippen LogP) is 1.78. The van der Waals surface area contributed by atoms with Gasteiger partial charge in [0.05, 0.1) is 17.1 Å². The number of nitrogens with two attached hydrogens (primary N) is 1. The van der Waals surface area contributed by atoms with Crippen molar-refractivity contribution >= 4 is 22.5 Å². The largest absolute Gasteiger partial charge is 0.369 e. The second kappa shape index (κ2) is 7.08. The summed E-state index contributed by atoms with van der Waals surface area (Å²) in [6.07, 6.45) is 2.64. The number of carbonyl (C=O) groups is 1. The molecular weight excluding hydrogens is 314 g/mol. The Kier molecular flexibility index (Phi) is 4.86. The molecule has 3 rings (SSSR count). The summed E-state index contributed by atoms with van der Waals surface area (Å²) in [6.45, 7) is 5.50. The third-order valence-corrected chi connectivity index (χ3v) is 4.63. The molecule has 0 unspecified atom stereocenters. The van der Waals surface area contributed by atoms with Gasteiger partial charge in [0.1, 0.15) is 6.07 Å². The summed E-state index contributed by atoms with van der Waals surface area (Å²) < 4.78 is 0. The van der Waals surface area contributed by atoms with Gasteiger partial charge in [-0.1, -0.05) is 6.92 Å². The average Bonchev–Trinajstić information content (AvgIpc) is 2.60. The van der Waals surface area contributed by atoms with Crippen LogP contribution in [0.25, 0.3) is 10.9 Å². The van der Waals surface area contributed by atoms with E-state index in [9.17, 15) is 10.1 Å². The fourth-order valence-corrected chi connectivity index (χ4v) is 3.51. The molecule has 1 saturated heterocycles. The van der Waals surface area contributed by atoms with Crippen LogP contribution in [-0.2, 0) is 4.79 Å². The molecule has 6 nitrogen and oxygen atoms in total. The molecule has 1 fully saturated rings. The molecular formula is C19H23N5O. The Morgan fingerprint density at radius 1 is 1.44 bits per heavy atom. The summed E-state index contributed by atoms with van der Waals surface area (Å²) in [5.41, 5.74) is 8.02. The normalized spacial score (nSPS) is 21.6. The summed E-state index contributed by atoms with van der Waals surface area (Å²) in [6, 6.07) is 9.43. The van der Waals surface area contributed by atoms with E-state index < -0.39 is 6.04 Å². The van der Waals surface area contributed by atoms with Crippen LogP contribution in [0.3, 0.4) is 0 Å². The highest BCUT2D eigenvalue weighted by Gasteiger charge is 2.27. The number of hydrogen-bond acceptors (Lipinski definition) is 5. The minimum Gasteiger partial charge on any atom is -0.369 e. The van der Waals surface area contributed by atoms with Crippen molar-refractivity contribution in [1.82, 2.24) is 10.3 Å². The molecule has 0 bridgehead atoms. The van der Waals surface area contributed by atoms with Gasteiger partial charge in [-0.2, -0.15) is 5.26 Å². The monoisotopic (exact) mass is 337 g/mol. The van der Waals surface area contributed by atoms with E-state index in [1.54, 1.807) is 13.1 Å². The summed E-state index contributed by atoms with van der Waals surface area (Å²) in [5.74, 6) is 0.319. The quantitative estimate of drug-likeness (QED) is 0.890. The zero-order valence-electron chi connectivity index (χ0n) is 14.6. The minimum atomic E-state index is -0.509. The lowest BCUT2D eigenvalue weighted by molar-refractivity contribution is -0.122. The molecule has 0 aliphatic carbocycles. The second-order valence-corrected chi connectivity index (χ2v) is 6.88. The van der Waals surface area contributed by atoms with E-state index in [0.717, 1.165) is 36.1 Å². The van der Waals surface area contributed by atoms with Crippen LogP contribution in [0, 0.1) is 17.2 Å². The lowest BCUT2D eigenvalue weighted by Gasteiger charge is -2.39. The third kappa shape index (κ3) is 3.57. The van der Waals surface area contributed by atoms with Crippen molar-refractivity contribution in [3.63, 3.8) is 0 Å². The van der Waals surface area contributed by atoms with Crippen LogP contribution in [0.2, 0.25) is 0 Å². The highest BCUT2D eigenvalue weighted by atomic mass is 16.2. The first-order valence-electron chi connectivity index (χ1n) is 8.58. The summed E-state index contributed by atoms with van der Waals surface area (Å²) in [7, 11) is 0. The first-order valence-corrected chi connectivity index (χ1v) is 8.58. The van der Waals surface area contributed by atoms with Crippen LogP contribution in [0.5, 0.6) is 0 Å². The smallest absolute Gasteiger partial charge is 0.236 e. The lowest BCUT2D eigenvalue weighted by atomic mass is 9.94. The van der Waals surface area contributed by atoms with Gasteiger partial charge in [0.2, 0.25) is 5.91 Å². The zero-order chi connectivity index (χ0) is 18.0. The number of piperidine rings is 1. The van der Waals surface area contributed by atoms with E-state index in [1.165, 1.54) is 0 Å². The number of fused-ring (bicyclic) bond motifs is 1. The number of benzene rings is 1. The molecule has 130 valence electrons. The molecule has 25 heavy (non-hydrogen) atoms. The fourth-order valence-electron chi connectivity index (χ4n) is 3.51. The number of hydrogen-bond donors (Lipinski definition) is 2. The third-order valence-electron chi connectivity index (χ3n) is 4.63. The molecule has 1 aromatic carbocycles. The standard InChI is InChI=1S/C19H23N5O/c1-12-8-15(23-19(25)13(2)21)11-24(10-12)17-6-5-14(9-20)18-16(17)4-3-7-22-18/h3-7,12-13,15H,8,10-11,21H2,1-2H3,(H,23,25)/t12-,13+,15+/m0/s1. The Hall–Kier alpha value is -2.65. The first-order chi connectivity index (χ1) is 12.0. The number of nitrogens with zero attached hydrogens (tertiary/aromatic N) is 3. The zero-order valence-corrected chi connectivity index (χ0v) is 14.6. The van der Waals surface area contributed by atoms with Crippen molar-refractivity contribution in [2.75, 3.05) is 18.0 Å². The van der Waals surface area contributed by atoms with Crippen LogP contribution in [0.4, 0.5) is 5.69 Å². The molecule has 3 N–H and O–H groups in total. The van der Waals surface area contributed by atoms with Crippen molar-refractivity contribution in [1.29, 1.82) is 5.26 Å². The molecule has 1 aliphatic rings. The van der Waals surface area contributed by atoms with Gasteiger partial charge >= 0.3 is 0 Å². The van der Waals surface area contributed by atoms with Crippen molar-refractivity contribution in [2.24, 2.45) is 11.7 Å². The van der Waals surface area contributed by atoms with E-state index >= 15 is 0 Å². The maximum absolute atomic E-state index is 12.0. The van der Waals surface area contributed by atoms with Crippen LogP contribution < -0.4 is 16.0 Å². The molecule has 1 aliphatic heterocycles. The Morgan fingerprint density at radius 3 is 2.96 bits per heavy atom. The Balaban J connectivity index is 1.92. The van der Waals surface area contributed by atoms with Gasteiger partial charge in [0.25, 0.3) is 0 Å². The molecule has 2 aromatic rings. The number of nitriles is 1. The lowest BCUT2D eigenvalue weighted by Crippen LogP contribution is -2.53. The number of pyridine rings is 1. The number of anilines is 1. The second-order valence-electron chi connectivity index (χ2n) is 6.88. The van der Waals surface area contributed by atoms with Crippen molar-refractivity contribution in [2.45, 2.75) is 32.4 Å². The molecule has 3 atom stereocenters. The molecule has 0 radical (unpaired) electrons. The van der Waals surface area contributed by atoms with Crippen molar-refractivity contribution in [3.8, 4) is 6.07 Å². The van der Waals surface area contributed by atoms with E-state index in [-0.39, 0.29) is 11.9 Å². The summed E-state index contributed by atoms with van der Waals surface area (Å²) >= 11 is 0. The average molecular weight is 337 g/mol. The van der Waals surface area contributed by atoms with E-state index in [2.05, 4.69) is 28.2 Å². The van der Waals surface area contributed by atoms with Gasteiger partial charge in [0, 0.05) is 36.4 Å². The first kappa shape index (κ1) is 17.2. The predicted molar refractivity (Wildman–Crippen MR) is 98.0 cm³/mol. The number of aromatic nitrogens is 1. The highest BCUT2D eigenvalue weighted by molar-refractivity contribution is 5.95. The molecule has 1 aromatic heterocycles. The van der Waals surface area contributed by atoms with Crippen LogP contribution in [0.1, 0.15) is 25.8 Å². The van der Waals surface area contributed by atoms with Crippen LogP contribution in [0.15, 0.2) is 30.5 Å². The number of rotatable bonds is 3. The molecule has 2 heterocycles. The van der Waals surface area contributed by atoms with Gasteiger partial charge < -0.3 is 16.0 Å². The molecule has 6 heteroatoms. The Bertz CT molecular complexity index is 826. The molecule has 0 saturated carbocycles. The topological polar surface area (TPSA) is 95.0 Å². The van der Waals surface area contributed by atoms with Crippen LogP contribution >= 0.6 is 0 Å².